The Morgan fingerprint density at radius 2 is 1.87 bits per heavy atom. The molecule has 0 radical (unpaired) electrons. The fourth-order valence-corrected chi connectivity index (χ4v) is 1.41. The Bertz CT molecular complexity index is 316. The lowest BCUT2D eigenvalue weighted by Gasteiger charge is -2.12. The summed E-state index contributed by atoms with van der Waals surface area (Å²) >= 11 is 6.05. The van der Waals surface area contributed by atoms with Crippen molar-refractivity contribution < 1.29 is 4.74 Å². The number of nitrogens with two attached hydrogens (primary N) is 1. The van der Waals surface area contributed by atoms with E-state index in [0.717, 1.165) is 21.9 Å². The van der Waals surface area contributed by atoms with Crippen molar-refractivity contribution in [2.24, 2.45) is 5.84 Å². The summed E-state index contributed by atoms with van der Waals surface area (Å²) in [7, 11) is 1.81. The van der Waals surface area contributed by atoms with Gasteiger partial charge in [-0.05, 0) is 37.1 Å². The van der Waals surface area contributed by atoms with Gasteiger partial charge in [0, 0.05) is 18.6 Å². The molecule has 4 heteroatoms. The highest BCUT2D eigenvalue weighted by atomic mass is 35.5. The van der Waals surface area contributed by atoms with Crippen molar-refractivity contribution >= 4 is 11.6 Å². The zero-order valence-electron chi connectivity index (χ0n) is 9.38. The number of ether oxygens (including phenoxy) is 1. The number of likely N-dealkylation sites (N-methyl/N-ethyl adjacent to an activating group) is 1. The van der Waals surface area contributed by atoms with Crippen LogP contribution in [-0.2, 0) is 0 Å². The van der Waals surface area contributed by atoms with Crippen LogP contribution < -0.4 is 10.6 Å². The average Bonchev–Trinajstić information content (AvgIpc) is 2.13. The average molecular weight is 229 g/mol. The van der Waals surface area contributed by atoms with E-state index in [1.165, 1.54) is 0 Å². The van der Waals surface area contributed by atoms with Gasteiger partial charge in [0.2, 0.25) is 0 Å². The molecule has 0 aliphatic rings. The number of rotatable bonds is 4. The standard InChI is InChI=1S/C11H17ClN2O/c1-8-6-10(7-9(2)11(8)12)15-5-4-14(3)13/h6-7H,4-5,13H2,1-3H3. The molecule has 15 heavy (non-hydrogen) atoms. The molecule has 0 aliphatic carbocycles. The van der Waals surface area contributed by atoms with Crippen molar-refractivity contribution in [3.8, 4) is 5.75 Å². The second-order valence-corrected chi connectivity index (χ2v) is 4.08. The van der Waals surface area contributed by atoms with Crippen LogP contribution in [0.2, 0.25) is 5.02 Å². The summed E-state index contributed by atoms with van der Waals surface area (Å²) in [6, 6.07) is 3.87. The van der Waals surface area contributed by atoms with E-state index in [9.17, 15) is 0 Å². The van der Waals surface area contributed by atoms with Crippen LogP contribution in [0, 0.1) is 13.8 Å². The Hall–Kier alpha value is -0.770. The van der Waals surface area contributed by atoms with Crippen molar-refractivity contribution in [1.82, 2.24) is 5.01 Å². The van der Waals surface area contributed by atoms with Crippen molar-refractivity contribution in [1.29, 1.82) is 0 Å². The second kappa shape index (κ2) is 5.35. The van der Waals surface area contributed by atoms with E-state index in [2.05, 4.69) is 0 Å². The maximum Gasteiger partial charge on any atom is 0.119 e. The van der Waals surface area contributed by atoms with Gasteiger partial charge >= 0.3 is 0 Å². The molecule has 1 aromatic rings. The van der Waals surface area contributed by atoms with E-state index in [4.69, 9.17) is 22.2 Å². The minimum atomic E-state index is 0.577. The van der Waals surface area contributed by atoms with Gasteiger partial charge in [-0.2, -0.15) is 0 Å². The maximum absolute atomic E-state index is 6.05. The van der Waals surface area contributed by atoms with Gasteiger partial charge in [0.15, 0.2) is 0 Å². The van der Waals surface area contributed by atoms with Gasteiger partial charge in [-0.3, -0.25) is 5.84 Å². The molecule has 0 atom stereocenters. The van der Waals surface area contributed by atoms with Gasteiger partial charge in [0.25, 0.3) is 0 Å². The van der Waals surface area contributed by atoms with Crippen LogP contribution in [-0.4, -0.2) is 25.2 Å². The third kappa shape index (κ3) is 3.70. The van der Waals surface area contributed by atoms with E-state index in [-0.39, 0.29) is 0 Å². The quantitative estimate of drug-likeness (QED) is 0.634. The van der Waals surface area contributed by atoms with Crippen LogP contribution in [0.5, 0.6) is 5.75 Å². The minimum absolute atomic E-state index is 0.577. The second-order valence-electron chi connectivity index (χ2n) is 3.70. The topological polar surface area (TPSA) is 38.5 Å². The summed E-state index contributed by atoms with van der Waals surface area (Å²) in [5.41, 5.74) is 2.07. The number of halogens is 1. The molecular weight excluding hydrogens is 212 g/mol. The minimum Gasteiger partial charge on any atom is -0.492 e. The fourth-order valence-electron chi connectivity index (χ4n) is 1.30. The van der Waals surface area contributed by atoms with Crippen LogP contribution in [0.4, 0.5) is 0 Å². The van der Waals surface area contributed by atoms with Gasteiger partial charge in [-0.25, -0.2) is 5.01 Å². The highest BCUT2D eigenvalue weighted by Gasteiger charge is 2.03. The van der Waals surface area contributed by atoms with E-state index in [1.807, 2.05) is 33.0 Å². The molecule has 0 heterocycles. The smallest absolute Gasteiger partial charge is 0.119 e. The van der Waals surface area contributed by atoms with Gasteiger partial charge < -0.3 is 4.74 Å². The summed E-state index contributed by atoms with van der Waals surface area (Å²) in [5, 5.41) is 2.40. The molecule has 84 valence electrons. The molecule has 1 rings (SSSR count). The van der Waals surface area contributed by atoms with Crippen LogP contribution in [0.25, 0.3) is 0 Å². The number of benzene rings is 1. The van der Waals surface area contributed by atoms with Crippen molar-refractivity contribution in [3.63, 3.8) is 0 Å². The lowest BCUT2D eigenvalue weighted by molar-refractivity contribution is 0.241. The summed E-state index contributed by atoms with van der Waals surface area (Å²) in [5.74, 6) is 6.32. The molecule has 1 aromatic carbocycles. The lowest BCUT2D eigenvalue weighted by atomic mass is 10.1. The molecule has 3 nitrogen and oxygen atoms in total. The van der Waals surface area contributed by atoms with E-state index in [0.29, 0.717) is 13.2 Å². The van der Waals surface area contributed by atoms with Crippen molar-refractivity contribution in [2.75, 3.05) is 20.2 Å². The molecule has 0 unspecified atom stereocenters. The molecule has 0 amide bonds. The van der Waals surface area contributed by atoms with Crippen LogP contribution in [0.3, 0.4) is 0 Å². The Kier molecular flexibility index (Phi) is 4.39. The van der Waals surface area contributed by atoms with E-state index < -0.39 is 0 Å². The molecule has 0 aromatic heterocycles. The predicted molar refractivity (Wildman–Crippen MR) is 63.2 cm³/mol. The number of nitrogens with zero attached hydrogens (tertiary/aromatic N) is 1. The zero-order valence-corrected chi connectivity index (χ0v) is 10.1. The molecule has 0 fully saturated rings. The monoisotopic (exact) mass is 228 g/mol. The first-order valence-electron chi connectivity index (χ1n) is 4.86. The Morgan fingerprint density at radius 3 is 2.33 bits per heavy atom. The van der Waals surface area contributed by atoms with E-state index in [1.54, 1.807) is 5.01 Å². The largest absolute Gasteiger partial charge is 0.492 e. The normalized spacial score (nSPS) is 10.8. The summed E-state index contributed by atoms with van der Waals surface area (Å²) in [6.45, 7) is 5.21. The highest BCUT2D eigenvalue weighted by Crippen LogP contribution is 2.25. The summed E-state index contributed by atoms with van der Waals surface area (Å²) in [6.07, 6.45) is 0. The Morgan fingerprint density at radius 1 is 1.33 bits per heavy atom. The lowest BCUT2D eigenvalue weighted by Crippen LogP contribution is -2.30. The molecule has 0 spiro atoms. The molecule has 0 aliphatic heterocycles. The molecule has 0 bridgehead atoms. The Balaban J connectivity index is 2.63. The number of hydrogen-bond acceptors (Lipinski definition) is 3. The van der Waals surface area contributed by atoms with Crippen molar-refractivity contribution in [2.45, 2.75) is 13.8 Å². The number of hydrogen-bond donors (Lipinski definition) is 1. The maximum atomic E-state index is 6.05. The highest BCUT2D eigenvalue weighted by molar-refractivity contribution is 6.32. The number of aryl methyl sites for hydroxylation is 2. The van der Waals surface area contributed by atoms with Crippen LogP contribution >= 0.6 is 11.6 Å². The zero-order chi connectivity index (χ0) is 11.4. The fraction of sp³-hybridized carbons (Fsp3) is 0.455. The van der Waals surface area contributed by atoms with Gasteiger partial charge in [0.05, 0.1) is 0 Å². The van der Waals surface area contributed by atoms with E-state index >= 15 is 0 Å². The summed E-state index contributed by atoms with van der Waals surface area (Å²) < 4.78 is 5.55. The molecule has 2 N–H and O–H groups in total. The van der Waals surface area contributed by atoms with Gasteiger partial charge in [-0.15, -0.1) is 0 Å². The SMILES string of the molecule is Cc1cc(OCCN(C)N)cc(C)c1Cl. The third-order valence-electron chi connectivity index (χ3n) is 2.12. The van der Waals surface area contributed by atoms with Crippen LogP contribution in [0.1, 0.15) is 11.1 Å². The van der Waals surface area contributed by atoms with Crippen LogP contribution in [0.15, 0.2) is 12.1 Å². The molecule has 0 saturated heterocycles. The van der Waals surface area contributed by atoms with Crippen molar-refractivity contribution in [3.05, 3.63) is 28.3 Å². The number of hydrazine groups is 1. The predicted octanol–water partition coefficient (Wildman–Crippen LogP) is 2.14. The molecular formula is C11H17ClN2O. The molecule has 0 saturated carbocycles. The first-order chi connectivity index (χ1) is 7.00. The summed E-state index contributed by atoms with van der Waals surface area (Å²) in [4.78, 5) is 0. The first kappa shape index (κ1) is 12.3. The van der Waals surface area contributed by atoms with Gasteiger partial charge in [0.1, 0.15) is 12.4 Å². The van der Waals surface area contributed by atoms with Gasteiger partial charge in [-0.1, -0.05) is 11.6 Å². The first-order valence-corrected chi connectivity index (χ1v) is 5.24. The third-order valence-corrected chi connectivity index (χ3v) is 2.72. The Labute approximate surface area is 95.7 Å².